The molecule has 40 heavy (non-hydrogen) atoms. The Morgan fingerprint density at radius 1 is 0.775 bits per heavy atom. The minimum Gasteiger partial charge on any atom is -0.459 e. The standard InChI is InChI=1S/C31H26Cl2N2O5/c1-16(2)40-29(39)18-12-14-19(15-13-18)34-26(36)17(3)35-27(37)24-25(28(35)38)31(33)21-9-5-4-8-20(21)30(24,32)22-10-6-7-11-23(22)31/h4-17,24-25H,1-3H3,(H,34,36)/t17-,24+,25+,30?,31?/m0/s1. The van der Waals surface area contributed by atoms with E-state index in [1.807, 2.05) is 48.5 Å². The van der Waals surface area contributed by atoms with Crippen molar-refractivity contribution in [1.29, 1.82) is 0 Å². The lowest BCUT2D eigenvalue weighted by Crippen LogP contribution is -2.57. The Hall–Kier alpha value is -3.68. The van der Waals surface area contributed by atoms with Crippen LogP contribution in [0.2, 0.25) is 0 Å². The van der Waals surface area contributed by atoms with Gasteiger partial charge in [-0.1, -0.05) is 48.5 Å². The van der Waals surface area contributed by atoms with Gasteiger partial charge in [-0.05, 0) is 67.3 Å². The topological polar surface area (TPSA) is 92.8 Å². The van der Waals surface area contributed by atoms with Gasteiger partial charge in [0.05, 0.1) is 23.5 Å². The van der Waals surface area contributed by atoms with E-state index in [4.69, 9.17) is 27.9 Å². The maximum absolute atomic E-state index is 14.0. The van der Waals surface area contributed by atoms with E-state index in [9.17, 15) is 19.2 Å². The molecular formula is C31H26Cl2N2O5. The van der Waals surface area contributed by atoms with Crippen molar-refractivity contribution in [3.8, 4) is 0 Å². The molecule has 0 aromatic heterocycles. The number of benzene rings is 3. The molecule has 3 atom stereocenters. The first kappa shape index (κ1) is 26.5. The first-order valence-electron chi connectivity index (χ1n) is 13.1. The number of ether oxygens (including phenoxy) is 1. The molecule has 0 radical (unpaired) electrons. The summed E-state index contributed by atoms with van der Waals surface area (Å²) < 4.78 is 5.19. The maximum Gasteiger partial charge on any atom is 0.338 e. The Morgan fingerprint density at radius 3 is 1.60 bits per heavy atom. The number of nitrogens with zero attached hydrogens (tertiary/aromatic N) is 1. The number of imide groups is 1. The number of esters is 1. The normalized spacial score (nSPS) is 26.7. The molecule has 3 amide bonds. The van der Waals surface area contributed by atoms with Gasteiger partial charge in [-0.25, -0.2) is 4.79 Å². The van der Waals surface area contributed by atoms with Crippen LogP contribution in [-0.4, -0.2) is 40.7 Å². The van der Waals surface area contributed by atoms with E-state index in [1.54, 1.807) is 26.0 Å². The number of nitrogens with one attached hydrogen (secondary N) is 1. The summed E-state index contributed by atoms with van der Waals surface area (Å²) in [6, 6.07) is 19.8. The Kier molecular flexibility index (Phi) is 6.09. The number of carbonyl (C=O) groups excluding carboxylic acids is 4. The quantitative estimate of drug-likeness (QED) is 0.257. The number of hydrogen-bond donors (Lipinski definition) is 1. The summed E-state index contributed by atoms with van der Waals surface area (Å²) in [7, 11) is 0. The summed E-state index contributed by atoms with van der Waals surface area (Å²) in [5.41, 5.74) is 3.52. The summed E-state index contributed by atoms with van der Waals surface area (Å²) in [6.45, 7) is 5.01. The number of alkyl halides is 2. The van der Waals surface area contributed by atoms with Crippen molar-refractivity contribution >= 4 is 52.6 Å². The fourth-order valence-corrected chi connectivity index (χ4v) is 7.50. The molecule has 9 heteroatoms. The average molecular weight is 577 g/mol. The highest BCUT2D eigenvalue weighted by Crippen LogP contribution is 2.69. The molecule has 0 spiro atoms. The van der Waals surface area contributed by atoms with Gasteiger partial charge in [0.2, 0.25) is 17.7 Å². The molecule has 0 saturated carbocycles. The van der Waals surface area contributed by atoms with Crippen LogP contribution in [0, 0.1) is 11.8 Å². The minimum atomic E-state index is -1.31. The first-order chi connectivity index (χ1) is 19.0. The number of amides is 3. The molecule has 4 aliphatic rings. The zero-order valence-corrected chi connectivity index (χ0v) is 23.5. The highest BCUT2D eigenvalue weighted by molar-refractivity contribution is 6.36. The predicted octanol–water partition coefficient (Wildman–Crippen LogP) is 5.17. The van der Waals surface area contributed by atoms with E-state index >= 15 is 0 Å². The van der Waals surface area contributed by atoms with Crippen LogP contribution in [0.25, 0.3) is 0 Å². The van der Waals surface area contributed by atoms with Crippen LogP contribution in [0.15, 0.2) is 72.8 Å². The van der Waals surface area contributed by atoms with Gasteiger partial charge in [-0.15, -0.1) is 23.2 Å². The molecule has 2 bridgehead atoms. The zero-order chi connectivity index (χ0) is 28.6. The first-order valence-corrected chi connectivity index (χ1v) is 13.8. The average Bonchev–Trinajstić information content (AvgIpc) is 3.22. The van der Waals surface area contributed by atoms with Gasteiger partial charge in [-0.3, -0.25) is 19.3 Å². The summed E-state index contributed by atoms with van der Waals surface area (Å²) in [6.07, 6.45) is -0.262. The third-order valence-electron chi connectivity index (χ3n) is 8.12. The lowest BCUT2D eigenvalue weighted by Gasteiger charge is -2.54. The van der Waals surface area contributed by atoms with Gasteiger partial charge in [0, 0.05) is 5.69 Å². The van der Waals surface area contributed by atoms with Crippen LogP contribution in [0.4, 0.5) is 5.69 Å². The molecular weight excluding hydrogens is 551 g/mol. The summed E-state index contributed by atoms with van der Waals surface area (Å²) in [5, 5.41) is 2.74. The van der Waals surface area contributed by atoms with Crippen LogP contribution in [0.5, 0.6) is 0 Å². The van der Waals surface area contributed by atoms with E-state index in [1.165, 1.54) is 19.1 Å². The van der Waals surface area contributed by atoms with Crippen molar-refractivity contribution in [2.75, 3.05) is 5.32 Å². The molecule has 1 fully saturated rings. The van der Waals surface area contributed by atoms with E-state index in [-0.39, 0.29) is 6.10 Å². The second-order valence-corrected chi connectivity index (χ2v) is 11.9. The maximum atomic E-state index is 14.0. The van der Waals surface area contributed by atoms with Crippen molar-refractivity contribution in [3.05, 3.63) is 101 Å². The molecule has 7 nitrogen and oxygen atoms in total. The van der Waals surface area contributed by atoms with Crippen LogP contribution in [0.3, 0.4) is 0 Å². The second kappa shape index (κ2) is 9.18. The fraction of sp³-hybridized carbons (Fsp3) is 0.290. The molecule has 3 aliphatic carbocycles. The van der Waals surface area contributed by atoms with Gasteiger partial charge >= 0.3 is 5.97 Å². The fourth-order valence-electron chi connectivity index (χ4n) is 6.41. The van der Waals surface area contributed by atoms with Crippen molar-refractivity contribution in [2.24, 2.45) is 11.8 Å². The Labute approximate surface area is 241 Å². The number of halogens is 2. The smallest absolute Gasteiger partial charge is 0.338 e. The Morgan fingerprint density at radius 2 is 1.20 bits per heavy atom. The molecule has 0 unspecified atom stereocenters. The van der Waals surface area contributed by atoms with Crippen molar-refractivity contribution in [2.45, 2.75) is 42.7 Å². The van der Waals surface area contributed by atoms with E-state index < -0.39 is 51.3 Å². The van der Waals surface area contributed by atoms with Crippen LogP contribution < -0.4 is 5.32 Å². The van der Waals surface area contributed by atoms with Crippen LogP contribution in [0.1, 0.15) is 53.4 Å². The van der Waals surface area contributed by atoms with E-state index in [2.05, 4.69) is 5.32 Å². The SMILES string of the molecule is CC(C)OC(=O)c1ccc(NC(=O)[C@H](C)N2C(=O)[C@H]3[C@H](C2=O)C2(Cl)c4ccccc4C3(Cl)c3ccccc32)cc1. The van der Waals surface area contributed by atoms with E-state index in [0.717, 1.165) is 4.90 Å². The Bertz CT molecular complexity index is 1460. The van der Waals surface area contributed by atoms with Crippen molar-refractivity contribution < 1.29 is 23.9 Å². The lowest BCUT2D eigenvalue weighted by molar-refractivity contribution is -0.146. The highest BCUT2D eigenvalue weighted by Gasteiger charge is 2.73. The number of likely N-dealkylation sites (tertiary alicyclic amines) is 1. The summed E-state index contributed by atoms with van der Waals surface area (Å²) >= 11 is 14.9. The number of hydrogen-bond acceptors (Lipinski definition) is 5. The third kappa shape index (κ3) is 3.50. The zero-order valence-electron chi connectivity index (χ0n) is 22.0. The summed E-state index contributed by atoms with van der Waals surface area (Å²) in [4.78, 5) is 51.9. The highest BCUT2D eigenvalue weighted by atomic mass is 35.5. The number of carbonyl (C=O) groups is 4. The second-order valence-electron chi connectivity index (χ2n) is 10.7. The molecule has 1 aliphatic heterocycles. The predicted molar refractivity (Wildman–Crippen MR) is 150 cm³/mol. The molecule has 1 heterocycles. The molecule has 3 aromatic rings. The Balaban J connectivity index is 1.32. The third-order valence-corrected chi connectivity index (χ3v) is 9.40. The number of anilines is 1. The molecule has 1 saturated heterocycles. The molecule has 7 rings (SSSR count). The van der Waals surface area contributed by atoms with Crippen molar-refractivity contribution in [3.63, 3.8) is 0 Å². The van der Waals surface area contributed by atoms with E-state index in [0.29, 0.717) is 33.5 Å². The van der Waals surface area contributed by atoms with Gasteiger partial charge in [-0.2, -0.15) is 0 Å². The molecule has 204 valence electrons. The minimum absolute atomic E-state index is 0.262. The van der Waals surface area contributed by atoms with Gasteiger partial charge in [0.15, 0.2) is 0 Å². The van der Waals surface area contributed by atoms with Gasteiger partial charge in [0.25, 0.3) is 0 Å². The van der Waals surface area contributed by atoms with Crippen molar-refractivity contribution in [1.82, 2.24) is 4.90 Å². The molecule has 1 N–H and O–H groups in total. The summed E-state index contributed by atoms with van der Waals surface area (Å²) in [5.74, 6) is -4.07. The largest absolute Gasteiger partial charge is 0.459 e. The monoisotopic (exact) mass is 576 g/mol. The van der Waals surface area contributed by atoms with Gasteiger partial charge < -0.3 is 10.1 Å². The molecule has 3 aromatic carbocycles. The number of rotatable bonds is 5. The van der Waals surface area contributed by atoms with Crippen LogP contribution >= 0.6 is 23.2 Å². The van der Waals surface area contributed by atoms with Crippen LogP contribution in [-0.2, 0) is 28.9 Å². The lowest BCUT2D eigenvalue weighted by atomic mass is 9.54. The van der Waals surface area contributed by atoms with Gasteiger partial charge in [0.1, 0.15) is 15.8 Å².